The summed E-state index contributed by atoms with van der Waals surface area (Å²) in [6.45, 7) is 1.39. The molecule has 4 N–H and O–H groups in total. The monoisotopic (exact) mass is 437 g/mol. The molecule has 0 bridgehead atoms. The van der Waals surface area contributed by atoms with Gasteiger partial charge in [-0.25, -0.2) is 13.8 Å². The summed E-state index contributed by atoms with van der Waals surface area (Å²) in [5.41, 5.74) is 0.703. The molecule has 0 fully saturated rings. The number of aromatic nitrogens is 1. The maximum Gasteiger partial charge on any atom is 0.424 e. The summed E-state index contributed by atoms with van der Waals surface area (Å²) in [6, 6.07) is 6.10. The van der Waals surface area contributed by atoms with Crippen molar-refractivity contribution in [2.24, 2.45) is 5.73 Å². The number of nitrogens with zero attached hydrogens (tertiary/aromatic N) is 1. The normalized spacial score (nSPS) is 14.7. The zero-order valence-electron chi connectivity index (χ0n) is 15.7. The molecule has 0 saturated heterocycles. The molecule has 0 aliphatic rings. The van der Waals surface area contributed by atoms with Gasteiger partial charge in [-0.15, -0.1) is 0 Å². The molecular weight excluding hydrogens is 417 g/mol. The SMILES string of the molecule is CC(C)(NCCF)c1cc(-c2ccc(F)c(Cl)c2)nc(C(O)(CN)C(F)(F)F)c1. The Morgan fingerprint density at radius 2 is 1.83 bits per heavy atom. The highest BCUT2D eigenvalue weighted by molar-refractivity contribution is 6.31. The van der Waals surface area contributed by atoms with Crippen LogP contribution in [0.5, 0.6) is 0 Å². The van der Waals surface area contributed by atoms with Gasteiger partial charge in [-0.3, -0.25) is 0 Å². The van der Waals surface area contributed by atoms with E-state index in [4.69, 9.17) is 17.3 Å². The van der Waals surface area contributed by atoms with Crippen molar-refractivity contribution in [2.75, 3.05) is 19.8 Å². The molecule has 0 aliphatic heterocycles. The summed E-state index contributed by atoms with van der Waals surface area (Å²) >= 11 is 5.79. The summed E-state index contributed by atoms with van der Waals surface area (Å²) in [5, 5.41) is 12.9. The third-order valence-electron chi connectivity index (χ3n) is 4.61. The van der Waals surface area contributed by atoms with Gasteiger partial charge >= 0.3 is 6.18 Å². The molecule has 29 heavy (non-hydrogen) atoms. The minimum absolute atomic E-state index is 0.0191. The van der Waals surface area contributed by atoms with Crippen LogP contribution in [0.1, 0.15) is 25.1 Å². The largest absolute Gasteiger partial charge is 0.424 e. The van der Waals surface area contributed by atoms with Crippen LogP contribution in [-0.4, -0.2) is 36.0 Å². The van der Waals surface area contributed by atoms with E-state index in [1.807, 2.05) is 0 Å². The number of nitrogens with two attached hydrogens (primary N) is 1. The third kappa shape index (κ3) is 4.85. The molecule has 1 aromatic heterocycles. The van der Waals surface area contributed by atoms with Crippen LogP contribution in [0.3, 0.4) is 0 Å². The standard InChI is InChI=1S/C19H21ClF5N3O/c1-17(2,27-6-5-21)12-8-15(11-3-4-14(22)13(20)7-11)28-16(9-12)18(29,10-26)19(23,24)25/h3-4,7-9,27,29H,5-6,10,26H2,1-2H3. The Hall–Kier alpha value is -1.81. The van der Waals surface area contributed by atoms with Gasteiger partial charge < -0.3 is 16.2 Å². The number of rotatable bonds is 7. The second-order valence-corrected chi connectivity index (χ2v) is 7.47. The van der Waals surface area contributed by atoms with Crippen LogP contribution in [0, 0.1) is 5.82 Å². The highest BCUT2D eigenvalue weighted by Crippen LogP contribution is 2.39. The topological polar surface area (TPSA) is 71.2 Å². The molecule has 0 aliphatic carbocycles. The summed E-state index contributed by atoms with van der Waals surface area (Å²) in [4.78, 5) is 3.94. The van der Waals surface area contributed by atoms with Crippen molar-refractivity contribution in [3.8, 4) is 11.3 Å². The summed E-state index contributed by atoms with van der Waals surface area (Å²) < 4.78 is 66.8. The zero-order valence-corrected chi connectivity index (χ0v) is 16.5. The van der Waals surface area contributed by atoms with Gasteiger partial charge in [0.25, 0.3) is 0 Å². The molecule has 160 valence electrons. The van der Waals surface area contributed by atoms with Gasteiger partial charge in [0, 0.05) is 24.2 Å². The second kappa shape index (κ2) is 8.51. The smallest absolute Gasteiger partial charge is 0.374 e. The first-order valence-corrected chi connectivity index (χ1v) is 9.02. The quantitative estimate of drug-likeness (QED) is 0.572. The Morgan fingerprint density at radius 1 is 1.17 bits per heavy atom. The van der Waals surface area contributed by atoms with Crippen molar-refractivity contribution in [1.82, 2.24) is 10.3 Å². The number of aliphatic hydroxyl groups is 1. The molecule has 1 heterocycles. The van der Waals surface area contributed by atoms with Gasteiger partial charge in [0.15, 0.2) is 0 Å². The lowest BCUT2D eigenvalue weighted by molar-refractivity contribution is -0.263. The number of halogens is 6. The molecule has 1 aromatic carbocycles. The van der Waals surface area contributed by atoms with E-state index in [9.17, 15) is 27.1 Å². The Morgan fingerprint density at radius 3 is 2.34 bits per heavy atom. The number of benzene rings is 1. The van der Waals surface area contributed by atoms with Crippen LogP contribution in [0.25, 0.3) is 11.3 Å². The van der Waals surface area contributed by atoms with Gasteiger partial charge in [-0.2, -0.15) is 13.2 Å². The fraction of sp³-hybridized carbons (Fsp3) is 0.421. The van der Waals surface area contributed by atoms with Crippen LogP contribution >= 0.6 is 11.6 Å². The molecule has 0 spiro atoms. The molecule has 0 saturated carbocycles. The minimum Gasteiger partial charge on any atom is -0.374 e. The van der Waals surface area contributed by atoms with Crippen LogP contribution in [0.15, 0.2) is 30.3 Å². The predicted octanol–water partition coefficient (Wildman–Crippen LogP) is 4.04. The highest BCUT2D eigenvalue weighted by atomic mass is 35.5. The number of alkyl halides is 4. The first kappa shape index (κ1) is 23.5. The van der Waals surface area contributed by atoms with Crippen molar-refractivity contribution in [2.45, 2.75) is 31.2 Å². The molecule has 2 rings (SSSR count). The van der Waals surface area contributed by atoms with Gasteiger partial charge in [0.05, 0.1) is 16.4 Å². The molecule has 10 heteroatoms. The predicted molar refractivity (Wildman–Crippen MR) is 101 cm³/mol. The average molecular weight is 438 g/mol. The van der Waals surface area contributed by atoms with E-state index in [0.29, 0.717) is 5.56 Å². The fourth-order valence-electron chi connectivity index (χ4n) is 2.73. The highest BCUT2D eigenvalue weighted by Gasteiger charge is 2.55. The van der Waals surface area contributed by atoms with Gasteiger partial charge in [0.2, 0.25) is 5.60 Å². The molecule has 4 nitrogen and oxygen atoms in total. The van der Waals surface area contributed by atoms with Crippen LogP contribution in [0.4, 0.5) is 22.0 Å². The Balaban J connectivity index is 2.74. The fourth-order valence-corrected chi connectivity index (χ4v) is 2.91. The van der Waals surface area contributed by atoms with Crippen molar-refractivity contribution >= 4 is 11.6 Å². The average Bonchev–Trinajstić information content (AvgIpc) is 2.66. The second-order valence-electron chi connectivity index (χ2n) is 7.06. The van der Waals surface area contributed by atoms with E-state index in [2.05, 4.69) is 10.3 Å². The number of pyridine rings is 1. The third-order valence-corrected chi connectivity index (χ3v) is 4.90. The van der Waals surface area contributed by atoms with Crippen LogP contribution in [0.2, 0.25) is 5.02 Å². The van der Waals surface area contributed by atoms with E-state index in [1.165, 1.54) is 18.2 Å². The molecular formula is C19H21ClF5N3O. The summed E-state index contributed by atoms with van der Waals surface area (Å²) in [6.07, 6.45) is -5.10. The van der Waals surface area contributed by atoms with Gasteiger partial charge in [-0.05, 0) is 49.7 Å². The van der Waals surface area contributed by atoms with Crippen molar-refractivity contribution in [3.63, 3.8) is 0 Å². The number of hydrogen-bond acceptors (Lipinski definition) is 4. The number of hydrogen-bond donors (Lipinski definition) is 3. The molecule has 2 aromatic rings. The van der Waals surface area contributed by atoms with E-state index >= 15 is 0 Å². The van der Waals surface area contributed by atoms with Crippen LogP contribution in [-0.2, 0) is 11.1 Å². The minimum atomic E-state index is -5.10. The summed E-state index contributed by atoms with van der Waals surface area (Å²) in [7, 11) is 0. The first-order valence-electron chi connectivity index (χ1n) is 8.64. The van der Waals surface area contributed by atoms with Gasteiger partial charge in [-0.1, -0.05) is 11.6 Å². The van der Waals surface area contributed by atoms with E-state index in [0.717, 1.165) is 12.1 Å². The maximum atomic E-state index is 13.6. The Bertz CT molecular complexity index is 875. The Labute approximate surface area is 169 Å². The lowest BCUT2D eigenvalue weighted by Gasteiger charge is -2.32. The summed E-state index contributed by atoms with van der Waals surface area (Å²) in [5.74, 6) is -0.703. The first-order chi connectivity index (χ1) is 13.4. The Kier molecular flexibility index (Phi) is 6.89. The van der Waals surface area contributed by atoms with Crippen molar-refractivity contribution in [3.05, 3.63) is 52.4 Å². The molecule has 1 unspecified atom stereocenters. The van der Waals surface area contributed by atoms with Gasteiger partial charge in [0.1, 0.15) is 12.5 Å². The van der Waals surface area contributed by atoms with E-state index in [1.54, 1.807) is 13.8 Å². The number of nitrogens with one attached hydrogen (secondary N) is 1. The zero-order chi connectivity index (χ0) is 22.0. The maximum absolute atomic E-state index is 13.6. The molecule has 0 radical (unpaired) electrons. The van der Waals surface area contributed by atoms with E-state index < -0.39 is 42.0 Å². The van der Waals surface area contributed by atoms with Crippen molar-refractivity contribution < 1.29 is 27.1 Å². The lowest BCUT2D eigenvalue weighted by atomic mass is 9.89. The lowest BCUT2D eigenvalue weighted by Crippen LogP contribution is -2.49. The van der Waals surface area contributed by atoms with Crippen molar-refractivity contribution in [1.29, 1.82) is 0 Å². The van der Waals surface area contributed by atoms with Crippen LogP contribution < -0.4 is 11.1 Å². The molecule has 0 amide bonds. The molecule has 1 atom stereocenters. The van der Waals surface area contributed by atoms with E-state index in [-0.39, 0.29) is 22.8 Å².